The molecule has 112 valence electrons. The van der Waals surface area contributed by atoms with Gasteiger partial charge in [0.2, 0.25) is 10.0 Å². The predicted molar refractivity (Wildman–Crippen MR) is 78.8 cm³/mol. The molecule has 0 fully saturated rings. The molecule has 1 atom stereocenters. The zero-order chi connectivity index (χ0) is 15.5. The zero-order valence-electron chi connectivity index (χ0n) is 11.0. The Morgan fingerprint density at radius 2 is 2.05 bits per heavy atom. The third-order valence-corrected chi connectivity index (χ3v) is 4.63. The van der Waals surface area contributed by atoms with E-state index in [9.17, 15) is 17.4 Å². The number of primary sulfonamides is 1. The van der Waals surface area contributed by atoms with Crippen molar-refractivity contribution in [2.75, 3.05) is 18.6 Å². The van der Waals surface area contributed by atoms with Crippen molar-refractivity contribution in [1.82, 2.24) is 5.32 Å². The number of hydrogen-bond acceptors (Lipinski definition) is 4. The number of rotatable bonds is 5. The van der Waals surface area contributed by atoms with Gasteiger partial charge in [-0.2, -0.15) is 0 Å². The summed E-state index contributed by atoms with van der Waals surface area (Å²) in [7, 11) is -4.97. The minimum Gasteiger partial charge on any atom is -0.351 e. The molecule has 1 rings (SSSR count). The smallest absolute Gasteiger partial charge is 0.251 e. The van der Waals surface area contributed by atoms with E-state index in [1.807, 2.05) is 0 Å². The highest BCUT2D eigenvalue weighted by molar-refractivity contribution is 7.89. The van der Waals surface area contributed by atoms with E-state index in [1.165, 1.54) is 18.4 Å². The van der Waals surface area contributed by atoms with Gasteiger partial charge in [-0.3, -0.25) is 9.00 Å². The molecule has 0 radical (unpaired) electrons. The zero-order valence-corrected chi connectivity index (χ0v) is 13.4. The number of nitrogens with one attached hydrogen (secondary N) is 1. The van der Waals surface area contributed by atoms with Gasteiger partial charge in [-0.25, -0.2) is 13.6 Å². The monoisotopic (exact) mass is 338 g/mol. The molecule has 1 aromatic carbocycles. The van der Waals surface area contributed by atoms with Gasteiger partial charge < -0.3 is 5.32 Å². The van der Waals surface area contributed by atoms with Crippen LogP contribution in [0.1, 0.15) is 15.9 Å². The highest BCUT2D eigenvalue weighted by Gasteiger charge is 2.17. The molecule has 0 aliphatic rings. The van der Waals surface area contributed by atoms with Gasteiger partial charge in [0.1, 0.15) is 0 Å². The van der Waals surface area contributed by atoms with E-state index in [1.54, 1.807) is 6.92 Å². The van der Waals surface area contributed by atoms with Crippen molar-refractivity contribution in [1.29, 1.82) is 0 Å². The van der Waals surface area contributed by atoms with E-state index in [4.69, 9.17) is 16.7 Å². The second-order valence-corrected chi connectivity index (χ2v) is 7.68. The Balaban J connectivity index is 3.08. The summed E-state index contributed by atoms with van der Waals surface area (Å²) in [6, 6.07) is 2.37. The molecule has 0 bridgehead atoms. The number of hydrogen-bond donors (Lipinski definition) is 2. The molecule has 0 aromatic heterocycles. The molecule has 9 heteroatoms. The first-order chi connectivity index (χ1) is 9.12. The van der Waals surface area contributed by atoms with Gasteiger partial charge in [0.15, 0.2) is 0 Å². The molecule has 0 saturated carbocycles. The minimum absolute atomic E-state index is 0.128. The van der Waals surface area contributed by atoms with E-state index >= 15 is 0 Å². The van der Waals surface area contributed by atoms with Gasteiger partial charge in [0, 0.05) is 39.9 Å². The predicted octanol–water partition coefficient (Wildman–Crippen LogP) is 0.404. The average molecular weight is 339 g/mol. The summed E-state index contributed by atoms with van der Waals surface area (Å²) < 4.78 is 33.6. The summed E-state index contributed by atoms with van der Waals surface area (Å²) in [5.74, 6) is -0.173. The van der Waals surface area contributed by atoms with Crippen LogP contribution in [0, 0.1) is 6.92 Å². The second kappa shape index (κ2) is 6.66. The van der Waals surface area contributed by atoms with Crippen LogP contribution in [0.5, 0.6) is 0 Å². The lowest BCUT2D eigenvalue weighted by molar-refractivity contribution is 0.0955. The van der Waals surface area contributed by atoms with Gasteiger partial charge >= 0.3 is 0 Å². The van der Waals surface area contributed by atoms with Crippen molar-refractivity contribution >= 4 is 38.3 Å². The minimum atomic E-state index is -3.95. The molecule has 6 nitrogen and oxygen atoms in total. The third-order valence-electron chi connectivity index (χ3n) is 2.57. The molecule has 1 unspecified atom stereocenters. The fraction of sp³-hybridized carbons (Fsp3) is 0.364. The van der Waals surface area contributed by atoms with E-state index in [0.717, 1.165) is 0 Å². The van der Waals surface area contributed by atoms with Crippen molar-refractivity contribution in [3.8, 4) is 0 Å². The van der Waals surface area contributed by atoms with Crippen molar-refractivity contribution in [3.63, 3.8) is 0 Å². The first-order valence-corrected chi connectivity index (χ1v) is 9.19. The Kier molecular flexibility index (Phi) is 5.69. The van der Waals surface area contributed by atoms with Crippen LogP contribution in [0.25, 0.3) is 0 Å². The van der Waals surface area contributed by atoms with E-state index in [0.29, 0.717) is 11.3 Å². The van der Waals surface area contributed by atoms with Crippen LogP contribution in [0.3, 0.4) is 0 Å². The fourth-order valence-corrected chi connectivity index (χ4v) is 2.70. The van der Waals surface area contributed by atoms with Gasteiger partial charge in [-0.1, -0.05) is 11.6 Å². The number of benzene rings is 1. The number of carbonyl (C=O) groups excluding carboxylic acids is 1. The molecule has 0 saturated heterocycles. The molecule has 0 heterocycles. The standard InChI is InChI=1S/C11H15ClN2O4S2/c1-7-9(11(15)14-3-4-19(2)16)5-8(6-10(7)12)20(13,17)18/h5-6H,3-4H2,1-2H3,(H,14,15)(H2,13,17,18). The molecular formula is C11H15ClN2O4S2. The van der Waals surface area contributed by atoms with Gasteiger partial charge in [-0.15, -0.1) is 0 Å². The lowest BCUT2D eigenvalue weighted by atomic mass is 10.1. The summed E-state index contributed by atoms with van der Waals surface area (Å²) in [6.07, 6.45) is 1.52. The SMILES string of the molecule is Cc1c(Cl)cc(S(N)(=O)=O)cc1C(=O)NCCS(C)=O. The average Bonchev–Trinajstić information content (AvgIpc) is 2.30. The second-order valence-electron chi connectivity index (χ2n) is 4.16. The first kappa shape index (κ1) is 17.1. The number of amides is 1. The molecular weight excluding hydrogens is 324 g/mol. The fourth-order valence-electron chi connectivity index (χ4n) is 1.46. The molecule has 3 N–H and O–H groups in total. The summed E-state index contributed by atoms with van der Waals surface area (Å²) in [4.78, 5) is 11.7. The van der Waals surface area contributed by atoms with Crippen molar-refractivity contribution in [2.24, 2.45) is 5.14 Å². The Bertz CT molecular complexity index is 659. The first-order valence-electron chi connectivity index (χ1n) is 5.54. The highest BCUT2D eigenvalue weighted by Crippen LogP contribution is 2.23. The Hall–Kier alpha value is -0.960. The van der Waals surface area contributed by atoms with E-state index in [-0.39, 0.29) is 22.0 Å². The van der Waals surface area contributed by atoms with Crippen LogP contribution in [0.15, 0.2) is 17.0 Å². The Morgan fingerprint density at radius 1 is 1.45 bits per heavy atom. The maximum atomic E-state index is 12.0. The van der Waals surface area contributed by atoms with Gasteiger partial charge in [0.05, 0.1) is 4.90 Å². The third kappa shape index (κ3) is 4.55. The molecule has 1 amide bonds. The van der Waals surface area contributed by atoms with Crippen LogP contribution in [0.2, 0.25) is 5.02 Å². The maximum absolute atomic E-state index is 12.0. The van der Waals surface area contributed by atoms with Gasteiger partial charge in [0.25, 0.3) is 5.91 Å². The van der Waals surface area contributed by atoms with Crippen LogP contribution in [-0.2, 0) is 20.8 Å². The van der Waals surface area contributed by atoms with E-state index in [2.05, 4.69) is 5.32 Å². The molecule has 0 aliphatic heterocycles. The van der Waals surface area contributed by atoms with Crippen LogP contribution >= 0.6 is 11.6 Å². The summed E-state index contributed by atoms with van der Waals surface area (Å²) >= 11 is 5.90. The molecule has 0 aliphatic carbocycles. The summed E-state index contributed by atoms with van der Waals surface area (Å²) in [6.45, 7) is 1.82. The maximum Gasteiger partial charge on any atom is 0.251 e. The number of nitrogens with two attached hydrogens (primary N) is 1. The number of carbonyl (C=O) groups is 1. The van der Waals surface area contributed by atoms with Crippen molar-refractivity contribution in [3.05, 3.63) is 28.3 Å². The normalized spacial score (nSPS) is 13.0. The Labute approximate surface area is 125 Å². The van der Waals surface area contributed by atoms with Crippen LogP contribution in [0.4, 0.5) is 0 Å². The summed E-state index contributed by atoms with van der Waals surface area (Å²) in [5.41, 5.74) is 0.581. The molecule has 20 heavy (non-hydrogen) atoms. The van der Waals surface area contributed by atoms with Crippen molar-refractivity contribution in [2.45, 2.75) is 11.8 Å². The lowest BCUT2D eigenvalue weighted by Crippen LogP contribution is -2.28. The highest BCUT2D eigenvalue weighted by atomic mass is 35.5. The number of sulfonamides is 1. The van der Waals surface area contributed by atoms with Gasteiger partial charge in [-0.05, 0) is 24.6 Å². The topological polar surface area (TPSA) is 106 Å². The van der Waals surface area contributed by atoms with Crippen LogP contribution in [-0.4, -0.2) is 37.1 Å². The van der Waals surface area contributed by atoms with E-state index < -0.39 is 26.7 Å². The summed E-state index contributed by atoms with van der Waals surface area (Å²) in [5, 5.41) is 7.72. The quantitative estimate of drug-likeness (QED) is 0.810. The molecule has 0 spiro atoms. The largest absolute Gasteiger partial charge is 0.351 e. The number of halogens is 1. The lowest BCUT2D eigenvalue weighted by Gasteiger charge is -2.10. The molecule has 1 aromatic rings. The Morgan fingerprint density at radius 3 is 2.55 bits per heavy atom. The van der Waals surface area contributed by atoms with Crippen LogP contribution < -0.4 is 10.5 Å². The van der Waals surface area contributed by atoms with Crippen molar-refractivity contribution < 1.29 is 17.4 Å².